The maximum atomic E-state index is 12.7. The van der Waals surface area contributed by atoms with E-state index in [1.54, 1.807) is 22.1 Å². The molecule has 0 amide bonds. The van der Waals surface area contributed by atoms with Crippen molar-refractivity contribution in [3.8, 4) is 0 Å². The number of fused-ring (bicyclic) bond motifs is 1. The molecule has 0 radical (unpaired) electrons. The summed E-state index contributed by atoms with van der Waals surface area (Å²) in [6.07, 6.45) is 4.47. The van der Waals surface area contributed by atoms with Crippen molar-refractivity contribution in [1.82, 2.24) is 9.29 Å². The maximum absolute atomic E-state index is 12.7. The Balaban J connectivity index is 1.48. The number of nitrogens with zero attached hydrogens (tertiary/aromatic N) is 2. The number of benzene rings is 2. The molecular weight excluding hydrogens is 376 g/mol. The fourth-order valence-electron chi connectivity index (χ4n) is 3.43. The summed E-state index contributed by atoms with van der Waals surface area (Å²) < 4.78 is 27.0. The lowest BCUT2D eigenvalue weighted by Crippen LogP contribution is -2.35. The van der Waals surface area contributed by atoms with E-state index in [0.717, 1.165) is 30.0 Å². The minimum atomic E-state index is -3.41. The van der Waals surface area contributed by atoms with Gasteiger partial charge in [0.15, 0.2) is 0 Å². The molecular formula is C21H22N2O2S2. The first-order valence-electron chi connectivity index (χ1n) is 9.20. The molecule has 0 N–H and O–H groups in total. The van der Waals surface area contributed by atoms with Gasteiger partial charge < -0.3 is 0 Å². The average molecular weight is 399 g/mol. The number of thioether (sulfide) groups is 1. The van der Waals surface area contributed by atoms with Gasteiger partial charge in [0.25, 0.3) is 0 Å². The lowest BCUT2D eigenvalue weighted by atomic mass is 10.1. The monoisotopic (exact) mass is 398 g/mol. The molecule has 1 saturated heterocycles. The van der Waals surface area contributed by atoms with Crippen LogP contribution in [0.2, 0.25) is 0 Å². The normalized spacial score (nSPS) is 15.9. The van der Waals surface area contributed by atoms with Crippen LogP contribution in [0.25, 0.3) is 10.8 Å². The molecule has 6 heteroatoms. The topological polar surface area (TPSA) is 50.3 Å². The molecule has 1 fully saturated rings. The van der Waals surface area contributed by atoms with Crippen molar-refractivity contribution >= 4 is 32.6 Å². The second kappa shape index (κ2) is 8.00. The van der Waals surface area contributed by atoms with Gasteiger partial charge in [-0.15, -0.1) is 11.8 Å². The molecule has 0 spiro atoms. The van der Waals surface area contributed by atoms with Crippen molar-refractivity contribution in [2.24, 2.45) is 0 Å². The number of sulfonamides is 1. The van der Waals surface area contributed by atoms with Gasteiger partial charge in [0.2, 0.25) is 10.0 Å². The summed E-state index contributed by atoms with van der Waals surface area (Å²) in [5, 5.41) is 3.31. The predicted octanol–water partition coefficient (Wildman–Crippen LogP) is 4.70. The van der Waals surface area contributed by atoms with E-state index in [2.05, 4.69) is 41.4 Å². The molecule has 2 heterocycles. The Morgan fingerprint density at radius 1 is 0.926 bits per heavy atom. The van der Waals surface area contributed by atoms with Gasteiger partial charge in [0, 0.05) is 25.0 Å². The minimum Gasteiger partial charge on any atom is -0.249 e. The van der Waals surface area contributed by atoms with Crippen molar-refractivity contribution in [2.45, 2.75) is 34.9 Å². The molecule has 27 heavy (non-hydrogen) atoms. The molecule has 140 valence electrons. The van der Waals surface area contributed by atoms with Gasteiger partial charge in [0.1, 0.15) is 4.90 Å². The van der Waals surface area contributed by atoms with Crippen LogP contribution in [0.3, 0.4) is 0 Å². The van der Waals surface area contributed by atoms with E-state index < -0.39 is 10.0 Å². The van der Waals surface area contributed by atoms with E-state index in [9.17, 15) is 8.42 Å². The number of hydrogen-bond acceptors (Lipinski definition) is 4. The third-order valence-corrected chi connectivity index (χ3v) is 7.79. The molecule has 3 aromatic rings. The summed E-state index contributed by atoms with van der Waals surface area (Å²) in [6.45, 7) is 1.22. The third-order valence-electron chi connectivity index (χ3n) is 4.92. The fraction of sp³-hybridized carbons (Fsp3) is 0.286. The highest BCUT2D eigenvalue weighted by Gasteiger charge is 2.26. The quantitative estimate of drug-likeness (QED) is 0.585. The molecule has 1 aliphatic rings. The van der Waals surface area contributed by atoms with Gasteiger partial charge in [-0.25, -0.2) is 13.4 Å². The second-order valence-electron chi connectivity index (χ2n) is 6.72. The smallest absolute Gasteiger partial charge is 0.244 e. The van der Waals surface area contributed by atoms with Crippen LogP contribution in [0.5, 0.6) is 0 Å². The summed E-state index contributed by atoms with van der Waals surface area (Å²) in [7, 11) is -3.41. The molecule has 1 aliphatic heterocycles. The molecule has 0 bridgehead atoms. The number of pyridine rings is 1. The zero-order valence-corrected chi connectivity index (χ0v) is 16.7. The highest BCUT2D eigenvalue weighted by Crippen LogP contribution is 2.27. The van der Waals surface area contributed by atoms with Gasteiger partial charge in [-0.3, -0.25) is 0 Å². The Hall–Kier alpha value is -1.89. The molecule has 4 nitrogen and oxygen atoms in total. The van der Waals surface area contributed by atoms with Crippen LogP contribution < -0.4 is 0 Å². The Labute approximate surface area is 164 Å². The van der Waals surface area contributed by atoms with Crippen molar-refractivity contribution in [1.29, 1.82) is 0 Å². The summed E-state index contributed by atoms with van der Waals surface area (Å²) in [5.41, 5.74) is 1.25. The Morgan fingerprint density at radius 3 is 2.48 bits per heavy atom. The standard InChI is InChI=1S/C21H22N2O2S2/c24-27(25,23-13-4-1-5-14-23)19-11-12-21(22-15-19)26-16-18-9-6-8-17-7-2-3-10-20(17)18/h2-3,6-12,15H,1,4-5,13-14,16H2. The van der Waals surface area contributed by atoms with Crippen LogP contribution in [0.4, 0.5) is 0 Å². The lowest BCUT2D eigenvalue weighted by molar-refractivity contribution is 0.346. The summed E-state index contributed by atoms with van der Waals surface area (Å²) in [5.74, 6) is 0.798. The van der Waals surface area contributed by atoms with Crippen molar-refractivity contribution in [3.05, 3.63) is 66.4 Å². The van der Waals surface area contributed by atoms with Crippen LogP contribution in [0.15, 0.2) is 70.7 Å². The molecule has 0 saturated carbocycles. The van der Waals surface area contributed by atoms with Gasteiger partial charge in [-0.2, -0.15) is 4.31 Å². The number of piperidine rings is 1. The first kappa shape index (κ1) is 18.5. The zero-order valence-electron chi connectivity index (χ0n) is 15.0. The molecule has 1 aromatic heterocycles. The van der Waals surface area contributed by atoms with Gasteiger partial charge >= 0.3 is 0 Å². The van der Waals surface area contributed by atoms with E-state index in [4.69, 9.17) is 0 Å². The van der Waals surface area contributed by atoms with Crippen LogP contribution in [-0.4, -0.2) is 30.8 Å². The minimum absolute atomic E-state index is 0.291. The second-order valence-corrected chi connectivity index (χ2v) is 9.66. The van der Waals surface area contributed by atoms with Crippen LogP contribution in [-0.2, 0) is 15.8 Å². The predicted molar refractivity (Wildman–Crippen MR) is 110 cm³/mol. The summed E-state index contributed by atoms with van der Waals surface area (Å²) in [4.78, 5) is 4.68. The van der Waals surface area contributed by atoms with Crippen molar-refractivity contribution in [2.75, 3.05) is 13.1 Å². The molecule has 0 atom stereocenters. The Bertz CT molecular complexity index is 1020. The highest BCUT2D eigenvalue weighted by atomic mass is 32.2. The molecule has 0 aliphatic carbocycles. The Kier molecular flexibility index (Phi) is 5.48. The first-order chi connectivity index (χ1) is 13.1. The fourth-order valence-corrected chi connectivity index (χ4v) is 5.74. The third kappa shape index (κ3) is 4.03. The van der Waals surface area contributed by atoms with E-state index in [1.807, 2.05) is 12.1 Å². The van der Waals surface area contributed by atoms with Gasteiger partial charge in [-0.1, -0.05) is 48.9 Å². The number of rotatable bonds is 5. The first-order valence-corrected chi connectivity index (χ1v) is 11.6. The molecule has 4 rings (SSSR count). The van der Waals surface area contributed by atoms with Crippen LogP contribution in [0, 0.1) is 0 Å². The summed E-state index contributed by atoms with van der Waals surface area (Å²) in [6, 6.07) is 18.1. The van der Waals surface area contributed by atoms with Gasteiger partial charge in [0.05, 0.1) is 5.03 Å². The maximum Gasteiger partial charge on any atom is 0.244 e. The van der Waals surface area contributed by atoms with E-state index in [1.165, 1.54) is 22.5 Å². The number of hydrogen-bond donors (Lipinski definition) is 0. The highest BCUT2D eigenvalue weighted by molar-refractivity contribution is 7.98. The molecule has 0 unspecified atom stereocenters. The van der Waals surface area contributed by atoms with Crippen LogP contribution in [0.1, 0.15) is 24.8 Å². The van der Waals surface area contributed by atoms with Gasteiger partial charge in [-0.05, 0) is 41.3 Å². The zero-order chi connectivity index (χ0) is 18.7. The van der Waals surface area contributed by atoms with E-state index >= 15 is 0 Å². The lowest BCUT2D eigenvalue weighted by Gasteiger charge is -2.25. The number of aromatic nitrogens is 1. The van der Waals surface area contributed by atoms with E-state index in [-0.39, 0.29) is 0 Å². The summed E-state index contributed by atoms with van der Waals surface area (Å²) >= 11 is 1.62. The van der Waals surface area contributed by atoms with Crippen molar-refractivity contribution in [3.63, 3.8) is 0 Å². The average Bonchev–Trinajstić information content (AvgIpc) is 2.73. The van der Waals surface area contributed by atoms with Crippen molar-refractivity contribution < 1.29 is 8.42 Å². The Morgan fingerprint density at radius 2 is 1.70 bits per heavy atom. The largest absolute Gasteiger partial charge is 0.249 e. The van der Waals surface area contributed by atoms with Crippen LogP contribution >= 0.6 is 11.8 Å². The van der Waals surface area contributed by atoms with E-state index in [0.29, 0.717) is 18.0 Å². The SMILES string of the molecule is O=S(=O)(c1ccc(SCc2cccc3ccccc23)nc1)N1CCCCC1. The molecule has 2 aromatic carbocycles.